The lowest BCUT2D eigenvalue weighted by molar-refractivity contribution is 0.0998. The van der Waals surface area contributed by atoms with Crippen molar-refractivity contribution >= 4 is 5.91 Å². The van der Waals surface area contributed by atoms with E-state index in [1.165, 1.54) is 6.07 Å². The molecule has 0 bridgehead atoms. The minimum absolute atomic E-state index is 0.349. The SMILES string of the molecule is COc1ncc(C(N)=O)c(C#N)c1C(F)F. The van der Waals surface area contributed by atoms with Crippen LogP contribution in [0.25, 0.3) is 0 Å². The Hall–Kier alpha value is -2.23. The van der Waals surface area contributed by atoms with Crippen molar-refractivity contribution in [3.05, 3.63) is 22.9 Å². The van der Waals surface area contributed by atoms with Gasteiger partial charge in [-0.3, -0.25) is 4.79 Å². The van der Waals surface area contributed by atoms with Crippen LogP contribution in [-0.2, 0) is 0 Å². The Morgan fingerprint density at radius 1 is 1.69 bits per heavy atom. The number of nitriles is 1. The van der Waals surface area contributed by atoms with Gasteiger partial charge in [0.15, 0.2) is 0 Å². The quantitative estimate of drug-likeness (QED) is 0.834. The van der Waals surface area contributed by atoms with Gasteiger partial charge in [-0.1, -0.05) is 0 Å². The lowest BCUT2D eigenvalue weighted by Gasteiger charge is -2.10. The van der Waals surface area contributed by atoms with Gasteiger partial charge >= 0.3 is 0 Å². The van der Waals surface area contributed by atoms with E-state index in [9.17, 15) is 13.6 Å². The number of nitrogens with zero attached hydrogens (tertiary/aromatic N) is 2. The highest BCUT2D eigenvalue weighted by atomic mass is 19.3. The Labute approximate surface area is 89.4 Å². The number of nitrogens with two attached hydrogens (primary N) is 1. The molecule has 1 aromatic rings. The summed E-state index contributed by atoms with van der Waals surface area (Å²) in [5, 5.41) is 8.74. The fraction of sp³-hybridized carbons (Fsp3) is 0.222. The van der Waals surface area contributed by atoms with E-state index < -0.39 is 29.3 Å². The molecule has 0 radical (unpaired) electrons. The van der Waals surface area contributed by atoms with Gasteiger partial charge in [0.1, 0.15) is 6.07 Å². The van der Waals surface area contributed by atoms with E-state index in [4.69, 9.17) is 11.0 Å². The molecule has 16 heavy (non-hydrogen) atoms. The van der Waals surface area contributed by atoms with Crippen LogP contribution in [0.1, 0.15) is 27.9 Å². The smallest absolute Gasteiger partial charge is 0.270 e. The zero-order valence-corrected chi connectivity index (χ0v) is 8.20. The van der Waals surface area contributed by atoms with Crippen LogP contribution in [-0.4, -0.2) is 18.0 Å². The summed E-state index contributed by atoms with van der Waals surface area (Å²) in [6.45, 7) is 0. The van der Waals surface area contributed by atoms with Crippen molar-refractivity contribution in [2.24, 2.45) is 5.73 Å². The number of carbonyl (C=O) groups excluding carboxylic acids is 1. The molecular weight excluding hydrogens is 220 g/mol. The average Bonchev–Trinajstić information content (AvgIpc) is 2.26. The molecule has 0 spiro atoms. The van der Waals surface area contributed by atoms with Gasteiger partial charge in [0.2, 0.25) is 5.88 Å². The lowest BCUT2D eigenvalue weighted by Crippen LogP contribution is -2.15. The number of halogens is 2. The van der Waals surface area contributed by atoms with Crippen LogP contribution >= 0.6 is 0 Å². The van der Waals surface area contributed by atoms with Gasteiger partial charge in [-0.2, -0.15) is 5.26 Å². The summed E-state index contributed by atoms with van der Waals surface area (Å²) in [6, 6.07) is 1.50. The first kappa shape index (κ1) is 11.8. The van der Waals surface area contributed by atoms with Crippen LogP contribution in [0, 0.1) is 11.3 Å². The van der Waals surface area contributed by atoms with Crippen molar-refractivity contribution in [2.45, 2.75) is 6.43 Å². The van der Waals surface area contributed by atoms with Crippen molar-refractivity contribution in [1.82, 2.24) is 4.98 Å². The Balaban J connectivity index is 3.58. The number of rotatable bonds is 3. The summed E-state index contributed by atoms with van der Waals surface area (Å²) in [4.78, 5) is 14.4. The molecule has 1 heterocycles. The largest absolute Gasteiger partial charge is 0.481 e. The summed E-state index contributed by atoms with van der Waals surface area (Å²) in [5.74, 6) is -1.38. The zero-order valence-electron chi connectivity index (χ0n) is 8.20. The Morgan fingerprint density at radius 3 is 2.69 bits per heavy atom. The van der Waals surface area contributed by atoms with Gasteiger partial charge < -0.3 is 10.5 Å². The molecule has 0 fully saturated rings. The van der Waals surface area contributed by atoms with E-state index in [0.29, 0.717) is 0 Å². The summed E-state index contributed by atoms with van der Waals surface area (Å²) < 4.78 is 30.0. The summed E-state index contributed by atoms with van der Waals surface area (Å²) in [6.07, 6.45) is -2.04. The number of ether oxygens (including phenoxy) is 1. The Kier molecular flexibility index (Phi) is 3.35. The summed E-state index contributed by atoms with van der Waals surface area (Å²) in [7, 11) is 1.14. The number of amides is 1. The molecule has 1 aromatic heterocycles. The predicted molar refractivity (Wildman–Crippen MR) is 49.0 cm³/mol. The van der Waals surface area contributed by atoms with E-state index in [-0.39, 0.29) is 5.56 Å². The van der Waals surface area contributed by atoms with Crippen LogP contribution in [0.5, 0.6) is 5.88 Å². The third-order valence-corrected chi connectivity index (χ3v) is 1.87. The Bertz CT molecular complexity index is 469. The van der Waals surface area contributed by atoms with Crippen molar-refractivity contribution in [3.63, 3.8) is 0 Å². The number of alkyl halides is 2. The zero-order chi connectivity index (χ0) is 12.3. The van der Waals surface area contributed by atoms with Crippen molar-refractivity contribution < 1.29 is 18.3 Å². The maximum atomic E-state index is 12.7. The average molecular weight is 227 g/mol. The van der Waals surface area contributed by atoms with Crippen LogP contribution in [0.3, 0.4) is 0 Å². The topological polar surface area (TPSA) is 89.0 Å². The molecule has 1 amide bonds. The normalized spacial score (nSPS) is 9.94. The number of aromatic nitrogens is 1. The highest BCUT2D eigenvalue weighted by Crippen LogP contribution is 2.31. The number of carbonyl (C=O) groups is 1. The molecule has 7 heteroatoms. The summed E-state index contributed by atoms with van der Waals surface area (Å²) >= 11 is 0. The van der Waals surface area contributed by atoms with E-state index in [2.05, 4.69) is 9.72 Å². The second-order valence-electron chi connectivity index (χ2n) is 2.75. The Morgan fingerprint density at radius 2 is 2.31 bits per heavy atom. The van der Waals surface area contributed by atoms with Crippen LogP contribution in [0.2, 0.25) is 0 Å². The first-order chi connectivity index (χ1) is 7.52. The second kappa shape index (κ2) is 4.53. The van der Waals surface area contributed by atoms with Gasteiger partial charge in [0, 0.05) is 6.20 Å². The van der Waals surface area contributed by atoms with E-state index in [0.717, 1.165) is 13.3 Å². The van der Waals surface area contributed by atoms with Gasteiger partial charge in [-0.25, -0.2) is 13.8 Å². The molecule has 0 unspecified atom stereocenters. The third kappa shape index (κ3) is 1.91. The highest BCUT2D eigenvalue weighted by Gasteiger charge is 2.24. The number of primary amides is 1. The molecule has 0 atom stereocenters. The van der Waals surface area contributed by atoms with Crippen molar-refractivity contribution in [1.29, 1.82) is 5.26 Å². The molecular formula is C9H7F2N3O2. The van der Waals surface area contributed by atoms with E-state index in [1.54, 1.807) is 0 Å². The highest BCUT2D eigenvalue weighted by molar-refractivity contribution is 5.95. The van der Waals surface area contributed by atoms with Crippen LogP contribution in [0.15, 0.2) is 6.20 Å². The fourth-order valence-electron chi connectivity index (χ4n) is 1.18. The minimum Gasteiger partial charge on any atom is -0.481 e. The summed E-state index contributed by atoms with van der Waals surface area (Å²) in [5.41, 5.74) is 3.36. The molecule has 0 aliphatic heterocycles. The standard InChI is InChI=1S/C9H7F2N3O2/c1-16-9-6(7(10)11)4(2-12)5(3-14-9)8(13)15/h3,7H,1H3,(H2,13,15). The molecule has 2 N–H and O–H groups in total. The monoisotopic (exact) mass is 227 g/mol. The van der Waals surface area contributed by atoms with Gasteiger partial charge in [-0.15, -0.1) is 0 Å². The van der Waals surface area contributed by atoms with E-state index in [1.807, 2.05) is 0 Å². The lowest BCUT2D eigenvalue weighted by atomic mass is 10.0. The molecule has 0 aliphatic rings. The number of pyridine rings is 1. The first-order valence-corrected chi connectivity index (χ1v) is 4.07. The van der Waals surface area contributed by atoms with Gasteiger partial charge in [0.25, 0.3) is 12.3 Å². The second-order valence-corrected chi connectivity index (χ2v) is 2.75. The number of methoxy groups -OCH3 is 1. The maximum absolute atomic E-state index is 12.7. The van der Waals surface area contributed by atoms with Crippen molar-refractivity contribution in [3.8, 4) is 11.9 Å². The fourth-order valence-corrected chi connectivity index (χ4v) is 1.18. The minimum atomic E-state index is -2.98. The van der Waals surface area contributed by atoms with Gasteiger partial charge in [0.05, 0.1) is 23.8 Å². The molecule has 0 aliphatic carbocycles. The van der Waals surface area contributed by atoms with E-state index >= 15 is 0 Å². The first-order valence-electron chi connectivity index (χ1n) is 4.07. The molecule has 0 saturated carbocycles. The molecule has 84 valence electrons. The van der Waals surface area contributed by atoms with Crippen molar-refractivity contribution in [2.75, 3.05) is 7.11 Å². The molecule has 0 aromatic carbocycles. The van der Waals surface area contributed by atoms with Crippen LogP contribution in [0.4, 0.5) is 8.78 Å². The third-order valence-electron chi connectivity index (χ3n) is 1.87. The molecule has 0 saturated heterocycles. The molecule has 1 rings (SSSR count). The van der Waals surface area contributed by atoms with Gasteiger partial charge in [-0.05, 0) is 0 Å². The number of hydrogen-bond acceptors (Lipinski definition) is 4. The number of hydrogen-bond donors (Lipinski definition) is 1. The maximum Gasteiger partial charge on any atom is 0.270 e. The predicted octanol–water partition coefficient (Wildman–Crippen LogP) is 0.998. The van der Waals surface area contributed by atoms with Crippen LogP contribution < -0.4 is 10.5 Å². The molecule has 5 nitrogen and oxygen atoms in total.